The number of hydrogen-bond donors (Lipinski definition) is 1. The van der Waals surface area contributed by atoms with Crippen LogP contribution in [-0.2, 0) is 4.74 Å². The van der Waals surface area contributed by atoms with Crippen molar-refractivity contribution < 1.29 is 9.53 Å². The molecule has 0 aromatic rings. The Kier molecular flexibility index (Phi) is 9.62. The van der Waals surface area contributed by atoms with E-state index in [1.165, 1.54) is 57.8 Å². The zero-order chi connectivity index (χ0) is 28.5. The molecule has 5 nitrogen and oxygen atoms in total. The van der Waals surface area contributed by atoms with Gasteiger partial charge in [0.15, 0.2) is 0 Å². The van der Waals surface area contributed by atoms with Crippen molar-refractivity contribution in [3.05, 3.63) is 11.6 Å². The van der Waals surface area contributed by atoms with Crippen LogP contribution in [-0.4, -0.2) is 68.3 Å². The molecule has 1 unspecified atom stereocenters. The Morgan fingerprint density at radius 1 is 1.02 bits per heavy atom. The van der Waals surface area contributed by atoms with Crippen molar-refractivity contribution in [3.63, 3.8) is 0 Å². The van der Waals surface area contributed by atoms with Gasteiger partial charge in [0.25, 0.3) is 0 Å². The highest BCUT2D eigenvalue weighted by Crippen LogP contribution is 2.67. The molecule has 1 saturated heterocycles. The molecule has 1 amide bonds. The second kappa shape index (κ2) is 12.7. The van der Waals surface area contributed by atoms with E-state index in [2.05, 4.69) is 62.9 Å². The van der Waals surface area contributed by atoms with Gasteiger partial charge in [0.05, 0.1) is 0 Å². The van der Waals surface area contributed by atoms with Gasteiger partial charge in [0.2, 0.25) is 0 Å². The first-order valence-electron chi connectivity index (χ1n) is 17.1. The van der Waals surface area contributed by atoms with Gasteiger partial charge in [0.1, 0.15) is 6.10 Å². The number of alkyl carbamates (subject to hydrolysis) is 1. The maximum atomic E-state index is 12.6. The Labute approximate surface area is 246 Å². The molecular weight excluding hydrogens is 494 g/mol. The molecule has 0 radical (unpaired) electrons. The van der Waals surface area contributed by atoms with E-state index < -0.39 is 0 Å². The van der Waals surface area contributed by atoms with Crippen molar-refractivity contribution in [1.82, 2.24) is 15.1 Å². The third kappa shape index (κ3) is 6.31. The molecule has 5 rings (SSSR count). The molecule has 1 aliphatic heterocycles. The number of carbonyl (C=O) groups excluding carboxylic acids is 1. The second-order valence-corrected chi connectivity index (χ2v) is 15.6. The number of fused-ring (bicyclic) bond motifs is 5. The molecule has 5 heteroatoms. The van der Waals surface area contributed by atoms with Crippen LogP contribution < -0.4 is 5.32 Å². The zero-order valence-electron chi connectivity index (χ0n) is 26.9. The first-order chi connectivity index (χ1) is 19.1. The van der Waals surface area contributed by atoms with Crippen LogP contribution in [0.5, 0.6) is 0 Å². The fraction of sp³-hybridized carbons (Fsp3) is 0.914. The minimum Gasteiger partial charge on any atom is -0.446 e. The molecule has 5 aliphatic rings. The number of amides is 1. The van der Waals surface area contributed by atoms with Crippen LogP contribution in [0.2, 0.25) is 0 Å². The van der Waals surface area contributed by atoms with Gasteiger partial charge in [-0.2, -0.15) is 0 Å². The maximum Gasteiger partial charge on any atom is 0.407 e. The lowest BCUT2D eigenvalue weighted by Crippen LogP contribution is -2.51. The molecule has 40 heavy (non-hydrogen) atoms. The second-order valence-electron chi connectivity index (χ2n) is 15.6. The van der Waals surface area contributed by atoms with E-state index in [0.717, 1.165) is 81.1 Å². The van der Waals surface area contributed by atoms with E-state index in [4.69, 9.17) is 4.74 Å². The third-order valence-electron chi connectivity index (χ3n) is 12.8. The van der Waals surface area contributed by atoms with Gasteiger partial charge in [-0.15, -0.1) is 0 Å². The largest absolute Gasteiger partial charge is 0.446 e. The summed E-state index contributed by atoms with van der Waals surface area (Å²) in [5.74, 6) is 5.20. The zero-order valence-corrected chi connectivity index (χ0v) is 26.9. The van der Waals surface area contributed by atoms with Crippen molar-refractivity contribution in [1.29, 1.82) is 0 Å². The summed E-state index contributed by atoms with van der Waals surface area (Å²) < 4.78 is 5.98. The van der Waals surface area contributed by atoms with Crippen LogP contribution in [0.15, 0.2) is 11.6 Å². The summed E-state index contributed by atoms with van der Waals surface area (Å²) in [6, 6.07) is 0. The Morgan fingerprint density at radius 3 is 2.55 bits per heavy atom. The van der Waals surface area contributed by atoms with Gasteiger partial charge in [-0.05, 0) is 98.3 Å². The summed E-state index contributed by atoms with van der Waals surface area (Å²) >= 11 is 0. The fourth-order valence-electron chi connectivity index (χ4n) is 10.3. The third-order valence-corrected chi connectivity index (χ3v) is 12.8. The predicted molar refractivity (Wildman–Crippen MR) is 165 cm³/mol. The van der Waals surface area contributed by atoms with E-state index in [1.807, 2.05) is 0 Å². The first kappa shape index (κ1) is 30.4. The van der Waals surface area contributed by atoms with Gasteiger partial charge in [-0.1, -0.05) is 65.5 Å². The topological polar surface area (TPSA) is 44.8 Å². The van der Waals surface area contributed by atoms with E-state index in [0.29, 0.717) is 17.4 Å². The normalized spacial score (nSPS) is 39.2. The van der Waals surface area contributed by atoms with Crippen LogP contribution >= 0.6 is 0 Å². The predicted octanol–water partition coefficient (Wildman–Crippen LogP) is 7.37. The van der Waals surface area contributed by atoms with Crippen LogP contribution in [0.3, 0.4) is 0 Å². The number of carbonyl (C=O) groups is 1. The van der Waals surface area contributed by atoms with Gasteiger partial charge < -0.3 is 15.0 Å². The number of rotatable bonds is 9. The summed E-state index contributed by atoms with van der Waals surface area (Å²) in [5, 5.41) is 3.04. The van der Waals surface area contributed by atoms with E-state index >= 15 is 0 Å². The molecular formula is C35H61N3O2. The smallest absolute Gasteiger partial charge is 0.407 e. The van der Waals surface area contributed by atoms with Crippen molar-refractivity contribution in [2.75, 3.05) is 46.3 Å². The van der Waals surface area contributed by atoms with E-state index in [9.17, 15) is 4.79 Å². The highest BCUT2D eigenvalue weighted by Gasteiger charge is 2.59. The summed E-state index contributed by atoms with van der Waals surface area (Å²) in [7, 11) is 2.18. The van der Waals surface area contributed by atoms with E-state index in [1.54, 1.807) is 5.57 Å². The van der Waals surface area contributed by atoms with Crippen LogP contribution in [0.25, 0.3) is 0 Å². The number of nitrogens with one attached hydrogen (secondary N) is 1. The number of nitrogens with zero attached hydrogens (tertiary/aromatic N) is 2. The van der Waals surface area contributed by atoms with Gasteiger partial charge in [0, 0.05) is 45.7 Å². The average Bonchev–Trinajstić information content (AvgIpc) is 3.27. The molecule has 4 aliphatic carbocycles. The van der Waals surface area contributed by atoms with Gasteiger partial charge >= 0.3 is 6.09 Å². The van der Waals surface area contributed by atoms with Gasteiger partial charge in [-0.25, -0.2) is 4.79 Å². The number of ether oxygens (including phenoxy) is 1. The van der Waals surface area contributed by atoms with Crippen molar-refractivity contribution in [2.24, 2.45) is 46.3 Å². The summed E-state index contributed by atoms with van der Waals surface area (Å²) in [5.41, 5.74) is 2.46. The van der Waals surface area contributed by atoms with Crippen LogP contribution in [0, 0.1) is 46.3 Å². The molecule has 228 valence electrons. The number of hydrogen-bond acceptors (Lipinski definition) is 4. The van der Waals surface area contributed by atoms with Crippen LogP contribution in [0.4, 0.5) is 4.79 Å². The highest BCUT2D eigenvalue weighted by molar-refractivity contribution is 5.67. The molecule has 4 fully saturated rings. The van der Waals surface area contributed by atoms with Crippen LogP contribution in [0.1, 0.15) is 105 Å². The molecule has 1 heterocycles. The maximum absolute atomic E-state index is 12.6. The minimum atomic E-state index is -0.218. The Hall–Kier alpha value is -1.07. The van der Waals surface area contributed by atoms with E-state index in [-0.39, 0.29) is 12.2 Å². The molecule has 8 atom stereocenters. The lowest BCUT2D eigenvalue weighted by atomic mass is 9.47. The Morgan fingerprint density at radius 2 is 1.80 bits per heavy atom. The molecule has 0 spiro atoms. The quantitative estimate of drug-likeness (QED) is 0.302. The minimum absolute atomic E-state index is 0.0379. The lowest BCUT2D eigenvalue weighted by Gasteiger charge is -2.58. The van der Waals surface area contributed by atoms with Crippen molar-refractivity contribution in [3.8, 4) is 0 Å². The van der Waals surface area contributed by atoms with Gasteiger partial charge in [-0.3, -0.25) is 4.90 Å². The molecule has 0 aromatic carbocycles. The van der Waals surface area contributed by atoms with Crippen molar-refractivity contribution in [2.45, 2.75) is 111 Å². The standard InChI is InChI=1S/C35H61N3O2/c1-25(2)8-7-9-26(3)30-12-13-31-29-11-10-27-24-28(14-16-34(27,4)32(29)15-17-35(30,31)5)40-33(39)36-18-19-38-22-20-37(6)21-23-38/h10,25-26,28-32H,7-9,11-24H2,1-6H3,(H,36,39)/t26-,28+,29+,30-,31+,32+,34+,35?/m1/s1. The fourth-order valence-corrected chi connectivity index (χ4v) is 10.3. The number of likely N-dealkylation sites (N-methyl/N-ethyl adjacent to an activating group) is 1. The lowest BCUT2D eigenvalue weighted by molar-refractivity contribution is -0.0581. The summed E-state index contributed by atoms with van der Waals surface area (Å²) in [4.78, 5) is 17.4. The highest BCUT2D eigenvalue weighted by atomic mass is 16.6. The summed E-state index contributed by atoms with van der Waals surface area (Å²) in [6.45, 7) is 18.6. The molecule has 3 saturated carbocycles. The number of allylic oxidation sites excluding steroid dienone is 1. The number of piperazine rings is 1. The molecule has 0 aromatic heterocycles. The Balaban J connectivity index is 1.13. The summed E-state index contributed by atoms with van der Waals surface area (Å²) in [6.07, 6.45) is 16.8. The average molecular weight is 556 g/mol. The first-order valence-corrected chi connectivity index (χ1v) is 17.1. The Bertz CT molecular complexity index is 895. The van der Waals surface area contributed by atoms with Crippen molar-refractivity contribution >= 4 is 6.09 Å². The SMILES string of the molecule is CC(C)CCC[C@@H](C)[C@H]1CC[C@H]2[C@@H]3CC=C4C[C@@H](OC(=O)NCCN5CCN(C)CC5)CC[C@]4(C)[C@H]3CCC12C. The monoisotopic (exact) mass is 555 g/mol. The molecule has 1 N–H and O–H groups in total. The molecule has 0 bridgehead atoms.